The molecule has 2 aromatic rings. The van der Waals surface area contributed by atoms with Crippen LogP contribution >= 0.6 is 0 Å². The summed E-state index contributed by atoms with van der Waals surface area (Å²) in [6, 6.07) is 9.33. The van der Waals surface area contributed by atoms with Crippen molar-refractivity contribution in [2.45, 2.75) is 33.1 Å². The number of benzene rings is 1. The van der Waals surface area contributed by atoms with E-state index < -0.39 is 11.0 Å². The van der Waals surface area contributed by atoms with Crippen molar-refractivity contribution in [3.63, 3.8) is 0 Å². The summed E-state index contributed by atoms with van der Waals surface area (Å²) in [4.78, 5) is 26.2. The zero-order chi connectivity index (χ0) is 17.3. The molecule has 1 fully saturated rings. The molecule has 0 bridgehead atoms. The molecule has 5 heteroatoms. The van der Waals surface area contributed by atoms with Crippen LogP contribution in [-0.4, -0.2) is 23.9 Å². The molecule has 0 N–H and O–H groups in total. The van der Waals surface area contributed by atoms with Crippen molar-refractivity contribution >= 4 is 16.9 Å². The standard InChI is InChI=1S/C19H20N2O3/c1-13-4-5-15-14(10-18(23)24-16(15)8-13)9-17(22)21-7-3-6-19(2,11-20)12-21/h4-5,8,10H,3,6-7,9,12H2,1-2H3. The SMILES string of the molecule is Cc1ccc2c(CC(=O)N3CCCC(C)(C#N)C3)cc(=O)oc2c1. The first kappa shape index (κ1) is 16.3. The van der Waals surface area contributed by atoms with E-state index in [-0.39, 0.29) is 12.3 Å². The maximum atomic E-state index is 12.7. The molecule has 0 spiro atoms. The molecule has 124 valence electrons. The molecule has 1 aromatic heterocycles. The Hall–Kier alpha value is -2.61. The summed E-state index contributed by atoms with van der Waals surface area (Å²) >= 11 is 0. The van der Waals surface area contributed by atoms with E-state index in [9.17, 15) is 14.9 Å². The fraction of sp³-hybridized carbons (Fsp3) is 0.421. The number of carbonyl (C=O) groups excluding carboxylic acids is 1. The van der Waals surface area contributed by atoms with Gasteiger partial charge in [-0.2, -0.15) is 5.26 Å². The minimum Gasteiger partial charge on any atom is -0.423 e. The lowest BCUT2D eigenvalue weighted by Gasteiger charge is -2.36. The van der Waals surface area contributed by atoms with Gasteiger partial charge in [-0.25, -0.2) is 4.79 Å². The first-order chi connectivity index (χ1) is 11.4. The third-order valence-electron chi connectivity index (χ3n) is 4.65. The third kappa shape index (κ3) is 3.18. The summed E-state index contributed by atoms with van der Waals surface area (Å²) in [5.41, 5.74) is 1.25. The predicted molar refractivity (Wildman–Crippen MR) is 90.5 cm³/mol. The highest BCUT2D eigenvalue weighted by Crippen LogP contribution is 2.29. The van der Waals surface area contributed by atoms with Crippen LogP contribution in [0.25, 0.3) is 11.0 Å². The number of carbonyl (C=O) groups is 1. The average Bonchev–Trinajstić information content (AvgIpc) is 2.54. The number of likely N-dealkylation sites (tertiary alicyclic amines) is 1. The summed E-state index contributed by atoms with van der Waals surface area (Å²) in [5.74, 6) is -0.0522. The van der Waals surface area contributed by atoms with Crippen LogP contribution in [0.3, 0.4) is 0 Å². The predicted octanol–water partition coefficient (Wildman–Crippen LogP) is 2.80. The zero-order valence-corrected chi connectivity index (χ0v) is 14.0. The first-order valence-electron chi connectivity index (χ1n) is 8.13. The van der Waals surface area contributed by atoms with E-state index in [1.807, 2.05) is 26.0 Å². The number of hydrogen-bond donors (Lipinski definition) is 0. The molecule has 1 saturated heterocycles. The molecule has 1 unspecified atom stereocenters. The van der Waals surface area contributed by atoms with Crippen molar-refractivity contribution < 1.29 is 9.21 Å². The van der Waals surface area contributed by atoms with Crippen molar-refractivity contribution in [1.82, 2.24) is 4.90 Å². The van der Waals surface area contributed by atoms with Gasteiger partial charge in [-0.05, 0) is 43.9 Å². The van der Waals surface area contributed by atoms with E-state index in [4.69, 9.17) is 4.42 Å². The molecule has 1 amide bonds. The summed E-state index contributed by atoms with van der Waals surface area (Å²) in [7, 11) is 0. The van der Waals surface area contributed by atoms with Crippen molar-refractivity contribution in [3.05, 3.63) is 45.8 Å². The van der Waals surface area contributed by atoms with Crippen LogP contribution in [0, 0.1) is 23.7 Å². The van der Waals surface area contributed by atoms with E-state index in [0.717, 1.165) is 23.8 Å². The molecule has 1 aliphatic heterocycles. The van der Waals surface area contributed by atoms with Crippen LogP contribution in [0.4, 0.5) is 0 Å². The number of aryl methyl sites for hydroxylation is 1. The first-order valence-corrected chi connectivity index (χ1v) is 8.13. The molecular weight excluding hydrogens is 304 g/mol. The van der Waals surface area contributed by atoms with Crippen molar-refractivity contribution in [2.24, 2.45) is 5.41 Å². The molecular formula is C19H20N2O3. The number of fused-ring (bicyclic) bond motifs is 1. The number of nitrogens with zero attached hydrogens (tertiary/aromatic N) is 2. The molecule has 1 aliphatic rings. The lowest BCUT2D eigenvalue weighted by Crippen LogP contribution is -2.44. The average molecular weight is 324 g/mol. The fourth-order valence-electron chi connectivity index (χ4n) is 3.30. The van der Waals surface area contributed by atoms with E-state index in [1.54, 1.807) is 11.0 Å². The molecule has 0 radical (unpaired) electrons. The normalized spacial score (nSPS) is 20.8. The van der Waals surface area contributed by atoms with Crippen LogP contribution in [0.5, 0.6) is 0 Å². The Bertz CT molecular complexity index is 894. The second-order valence-corrected chi connectivity index (χ2v) is 6.86. The van der Waals surface area contributed by atoms with Crippen molar-refractivity contribution in [1.29, 1.82) is 5.26 Å². The lowest BCUT2D eigenvalue weighted by molar-refractivity contribution is -0.132. The van der Waals surface area contributed by atoms with Crippen LogP contribution in [0.15, 0.2) is 33.5 Å². The van der Waals surface area contributed by atoms with Gasteiger partial charge >= 0.3 is 5.63 Å². The summed E-state index contributed by atoms with van der Waals surface area (Å²) < 4.78 is 5.24. The molecule has 3 rings (SSSR count). The van der Waals surface area contributed by atoms with Crippen molar-refractivity contribution in [3.8, 4) is 6.07 Å². The third-order valence-corrected chi connectivity index (χ3v) is 4.65. The number of nitriles is 1. The Morgan fingerprint density at radius 3 is 2.96 bits per heavy atom. The fourth-order valence-corrected chi connectivity index (χ4v) is 3.30. The van der Waals surface area contributed by atoms with Gasteiger partial charge in [0.2, 0.25) is 5.91 Å². The minimum absolute atomic E-state index is 0.0522. The summed E-state index contributed by atoms with van der Waals surface area (Å²) in [6.07, 6.45) is 1.78. The highest BCUT2D eigenvalue weighted by atomic mass is 16.4. The Labute approximate surface area is 140 Å². The van der Waals surface area contributed by atoms with E-state index >= 15 is 0 Å². The second-order valence-electron chi connectivity index (χ2n) is 6.86. The highest BCUT2D eigenvalue weighted by molar-refractivity contribution is 5.87. The topological polar surface area (TPSA) is 74.3 Å². The van der Waals surface area contributed by atoms with Gasteiger partial charge in [-0.1, -0.05) is 12.1 Å². The number of piperidine rings is 1. The van der Waals surface area contributed by atoms with E-state index in [2.05, 4.69) is 6.07 Å². The van der Waals surface area contributed by atoms with Gasteiger partial charge in [-0.3, -0.25) is 4.79 Å². The van der Waals surface area contributed by atoms with Crippen LogP contribution < -0.4 is 5.63 Å². The molecule has 5 nitrogen and oxygen atoms in total. The zero-order valence-electron chi connectivity index (χ0n) is 14.0. The van der Waals surface area contributed by atoms with E-state index in [1.165, 1.54) is 6.07 Å². The maximum absolute atomic E-state index is 12.7. The Morgan fingerprint density at radius 1 is 1.42 bits per heavy atom. The largest absolute Gasteiger partial charge is 0.423 e. The smallest absolute Gasteiger partial charge is 0.336 e. The van der Waals surface area contributed by atoms with Gasteiger partial charge < -0.3 is 9.32 Å². The van der Waals surface area contributed by atoms with Gasteiger partial charge in [-0.15, -0.1) is 0 Å². The summed E-state index contributed by atoms with van der Waals surface area (Å²) in [5, 5.41) is 10.1. The van der Waals surface area contributed by atoms with Crippen molar-refractivity contribution in [2.75, 3.05) is 13.1 Å². The van der Waals surface area contributed by atoms with E-state index in [0.29, 0.717) is 24.2 Å². The van der Waals surface area contributed by atoms with Crippen LogP contribution in [0.2, 0.25) is 0 Å². The lowest BCUT2D eigenvalue weighted by atomic mass is 9.83. The van der Waals surface area contributed by atoms with Crippen LogP contribution in [-0.2, 0) is 11.2 Å². The minimum atomic E-state index is -0.483. The Kier molecular flexibility index (Phi) is 4.15. The van der Waals surface area contributed by atoms with Gasteiger partial charge in [0.05, 0.1) is 17.9 Å². The number of amides is 1. The highest BCUT2D eigenvalue weighted by Gasteiger charge is 2.33. The second kappa shape index (κ2) is 6.12. The molecule has 2 heterocycles. The van der Waals surface area contributed by atoms with Gasteiger partial charge in [0, 0.05) is 24.5 Å². The maximum Gasteiger partial charge on any atom is 0.336 e. The Morgan fingerprint density at radius 2 is 2.21 bits per heavy atom. The molecule has 1 atom stereocenters. The molecule has 24 heavy (non-hydrogen) atoms. The van der Waals surface area contributed by atoms with Gasteiger partial charge in [0.25, 0.3) is 0 Å². The quantitative estimate of drug-likeness (QED) is 0.796. The molecule has 0 aliphatic carbocycles. The number of rotatable bonds is 2. The molecule has 0 saturated carbocycles. The monoisotopic (exact) mass is 324 g/mol. The van der Waals surface area contributed by atoms with Gasteiger partial charge in [0.15, 0.2) is 0 Å². The number of hydrogen-bond acceptors (Lipinski definition) is 4. The molecule has 1 aromatic carbocycles. The Balaban J connectivity index is 1.88. The summed E-state index contributed by atoms with van der Waals surface area (Å²) in [6.45, 7) is 4.92. The van der Waals surface area contributed by atoms with Crippen LogP contribution in [0.1, 0.15) is 30.9 Å². The van der Waals surface area contributed by atoms with Gasteiger partial charge in [0.1, 0.15) is 5.58 Å².